The fourth-order valence-electron chi connectivity index (χ4n) is 1.94. The number of aryl methyl sites for hydroxylation is 1. The second-order valence-electron chi connectivity index (χ2n) is 4.22. The van der Waals surface area contributed by atoms with Gasteiger partial charge in [-0.3, -0.25) is 9.78 Å². The maximum absolute atomic E-state index is 11.5. The topological polar surface area (TPSA) is 30.0 Å². The molecule has 1 aromatic heterocycles. The van der Waals surface area contributed by atoms with Gasteiger partial charge in [-0.15, -0.1) is 0 Å². The predicted octanol–water partition coefficient (Wildman–Crippen LogP) is 3.36. The average Bonchev–Trinajstić information content (AvgIpc) is 2.17. The second-order valence-corrected chi connectivity index (χ2v) is 4.22. The summed E-state index contributed by atoms with van der Waals surface area (Å²) in [6, 6.07) is 0. The van der Waals surface area contributed by atoms with E-state index in [0.29, 0.717) is 5.92 Å². The van der Waals surface area contributed by atoms with Gasteiger partial charge in [0.25, 0.3) is 0 Å². The highest BCUT2D eigenvalue weighted by Crippen LogP contribution is 2.24. The van der Waals surface area contributed by atoms with Crippen LogP contribution in [0.3, 0.4) is 0 Å². The summed E-state index contributed by atoms with van der Waals surface area (Å²) in [5.74, 6) is 0.498. The Morgan fingerprint density at radius 1 is 1.40 bits per heavy atom. The van der Waals surface area contributed by atoms with Crippen molar-refractivity contribution in [3.8, 4) is 0 Å². The summed E-state index contributed by atoms with van der Waals surface area (Å²) < 4.78 is 0. The van der Waals surface area contributed by atoms with Gasteiger partial charge in [0.1, 0.15) is 0 Å². The number of ketones is 1. The van der Waals surface area contributed by atoms with Crippen molar-refractivity contribution in [1.29, 1.82) is 0 Å². The second kappa shape index (κ2) is 5.06. The first-order valence-electron chi connectivity index (χ1n) is 5.55. The van der Waals surface area contributed by atoms with Crippen molar-refractivity contribution in [1.82, 2.24) is 4.98 Å². The Hall–Kier alpha value is -1.18. The van der Waals surface area contributed by atoms with Crippen molar-refractivity contribution in [2.45, 2.75) is 46.5 Å². The molecular weight excluding hydrogens is 186 g/mol. The van der Waals surface area contributed by atoms with E-state index in [1.54, 1.807) is 13.1 Å². The zero-order valence-corrected chi connectivity index (χ0v) is 10.0. The third-order valence-corrected chi connectivity index (χ3v) is 2.55. The molecule has 0 aromatic carbocycles. The molecule has 0 atom stereocenters. The number of hydrogen-bond donors (Lipinski definition) is 0. The smallest absolute Gasteiger partial charge is 0.161 e. The normalized spacial score (nSPS) is 10.7. The molecule has 0 N–H and O–H groups in total. The van der Waals surface area contributed by atoms with Crippen molar-refractivity contribution in [3.63, 3.8) is 0 Å². The Bertz CT molecular complexity index is 356. The van der Waals surface area contributed by atoms with Crippen LogP contribution in [0.5, 0.6) is 0 Å². The number of nitrogens with zero attached hydrogens (tertiary/aromatic N) is 1. The lowest BCUT2D eigenvalue weighted by atomic mass is 9.91. The van der Waals surface area contributed by atoms with E-state index >= 15 is 0 Å². The number of carbonyl (C=O) groups excluding carboxylic acids is 1. The van der Waals surface area contributed by atoms with E-state index in [4.69, 9.17) is 0 Å². The zero-order valence-electron chi connectivity index (χ0n) is 10.0. The first-order valence-corrected chi connectivity index (χ1v) is 5.55. The summed E-state index contributed by atoms with van der Waals surface area (Å²) in [4.78, 5) is 15.6. The van der Waals surface area contributed by atoms with Crippen LogP contribution in [0.2, 0.25) is 0 Å². The van der Waals surface area contributed by atoms with Crippen LogP contribution in [-0.4, -0.2) is 10.8 Å². The molecular formula is C13H19NO. The van der Waals surface area contributed by atoms with Gasteiger partial charge in [-0.05, 0) is 30.4 Å². The summed E-state index contributed by atoms with van der Waals surface area (Å²) in [6.45, 7) is 8.00. The van der Waals surface area contributed by atoms with Crippen LogP contribution in [0.4, 0.5) is 0 Å². The molecule has 0 unspecified atom stereocenters. The summed E-state index contributed by atoms with van der Waals surface area (Å²) in [7, 11) is 0. The predicted molar refractivity (Wildman–Crippen MR) is 62.3 cm³/mol. The Labute approximate surface area is 91.7 Å². The number of hydrogen-bond acceptors (Lipinski definition) is 2. The van der Waals surface area contributed by atoms with E-state index in [1.807, 2.05) is 6.20 Å². The molecule has 82 valence electrons. The molecule has 0 amide bonds. The fourth-order valence-corrected chi connectivity index (χ4v) is 1.94. The lowest BCUT2D eigenvalue weighted by Crippen LogP contribution is -2.07. The van der Waals surface area contributed by atoms with Gasteiger partial charge in [0.05, 0.1) is 0 Å². The molecule has 0 aliphatic carbocycles. The highest BCUT2D eigenvalue weighted by molar-refractivity contribution is 5.95. The summed E-state index contributed by atoms with van der Waals surface area (Å²) in [6.07, 6.45) is 5.67. The van der Waals surface area contributed by atoms with Gasteiger partial charge in [-0.25, -0.2) is 0 Å². The standard InChI is InChI=1S/C13H19NO/c1-5-6-11-7-14-8-12(10(4)15)13(11)9(2)3/h7-9H,5-6H2,1-4H3. The molecule has 0 aliphatic rings. The van der Waals surface area contributed by atoms with Crippen molar-refractivity contribution in [3.05, 3.63) is 29.1 Å². The van der Waals surface area contributed by atoms with Gasteiger partial charge in [0.2, 0.25) is 0 Å². The molecule has 0 spiro atoms. The van der Waals surface area contributed by atoms with Gasteiger partial charge >= 0.3 is 0 Å². The van der Waals surface area contributed by atoms with E-state index < -0.39 is 0 Å². The highest BCUT2D eigenvalue weighted by Gasteiger charge is 2.14. The highest BCUT2D eigenvalue weighted by atomic mass is 16.1. The Morgan fingerprint density at radius 3 is 2.53 bits per heavy atom. The Morgan fingerprint density at radius 2 is 2.07 bits per heavy atom. The van der Waals surface area contributed by atoms with Gasteiger partial charge < -0.3 is 0 Å². The van der Waals surface area contributed by atoms with E-state index in [2.05, 4.69) is 25.8 Å². The van der Waals surface area contributed by atoms with Crippen LogP contribution in [0.25, 0.3) is 0 Å². The van der Waals surface area contributed by atoms with E-state index in [-0.39, 0.29) is 5.78 Å². The number of carbonyl (C=O) groups is 1. The van der Waals surface area contributed by atoms with Crippen LogP contribution in [0.1, 0.15) is 61.5 Å². The minimum Gasteiger partial charge on any atom is -0.294 e. The van der Waals surface area contributed by atoms with Gasteiger partial charge in [-0.2, -0.15) is 0 Å². The molecule has 1 aromatic rings. The van der Waals surface area contributed by atoms with Gasteiger partial charge in [0, 0.05) is 18.0 Å². The third kappa shape index (κ3) is 2.65. The van der Waals surface area contributed by atoms with Crippen LogP contribution < -0.4 is 0 Å². The molecule has 2 nitrogen and oxygen atoms in total. The van der Waals surface area contributed by atoms with E-state index in [1.165, 1.54) is 11.1 Å². The lowest BCUT2D eigenvalue weighted by Gasteiger charge is -2.15. The first kappa shape index (κ1) is 11.9. The third-order valence-electron chi connectivity index (χ3n) is 2.55. The van der Waals surface area contributed by atoms with Crippen LogP contribution in [-0.2, 0) is 6.42 Å². The van der Waals surface area contributed by atoms with E-state index in [9.17, 15) is 4.79 Å². The Balaban J connectivity index is 3.28. The number of Topliss-reactive ketones (excluding diaryl/α,β-unsaturated/α-hetero) is 1. The molecule has 0 aliphatic heterocycles. The molecule has 2 heteroatoms. The van der Waals surface area contributed by atoms with E-state index in [0.717, 1.165) is 18.4 Å². The SMILES string of the molecule is CCCc1cncc(C(C)=O)c1C(C)C. The maximum Gasteiger partial charge on any atom is 0.161 e. The molecule has 0 radical (unpaired) electrons. The minimum absolute atomic E-state index is 0.115. The minimum atomic E-state index is 0.115. The van der Waals surface area contributed by atoms with Crippen LogP contribution >= 0.6 is 0 Å². The quantitative estimate of drug-likeness (QED) is 0.705. The average molecular weight is 205 g/mol. The monoisotopic (exact) mass is 205 g/mol. The van der Waals surface area contributed by atoms with Crippen molar-refractivity contribution in [2.75, 3.05) is 0 Å². The molecule has 15 heavy (non-hydrogen) atoms. The molecule has 1 rings (SSSR count). The number of pyridine rings is 1. The van der Waals surface area contributed by atoms with Crippen LogP contribution in [0, 0.1) is 0 Å². The summed E-state index contributed by atoms with van der Waals surface area (Å²) in [5, 5.41) is 0. The molecule has 0 fully saturated rings. The molecule has 1 heterocycles. The number of rotatable bonds is 4. The summed E-state index contributed by atoms with van der Waals surface area (Å²) in [5.41, 5.74) is 3.19. The fraction of sp³-hybridized carbons (Fsp3) is 0.538. The molecule has 0 bridgehead atoms. The first-order chi connectivity index (χ1) is 7.07. The van der Waals surface area contributed by atoms with Crippen molar-refractivity contribution >= 4 is 5.78 Å². The lowest BCUT2D eigenvalue weighted by molar-refractivity contribution is 0.101. The summed E-state index contributed by atoms with van der Waals surface area (Å²) >= 11 is 0. The van der Waals surface area contributed by atoms with Crippen molar-refractivity contribution < 1.29 is 4.79 Å². The molecule has 0 saturated carbocycles. The largest absolute Gasteiger partial charge is 0.294 e. The number of aromatic nitrogens is 1. The maximum atomic E-state index is 11.5. The van der Waals surface area contributed by atoms with Gasteiger partial charge in [0.15, 0.2) is 5.78 Å². The zero-order chi connectivity index (χ0) is 11.4. The van der Waals surface area contributed by atoms with Crippen LogP contribution in [0.15, 0.2) is 12.4 Å². The Kier molecular flexibility index (Phi) is 4.01. The molecule has 0 saturated heterocycles. The van der Waals surface area contributed by atoms with Crippen molar-refractivity contribution in [2.24, 2.45) is 0 Å². The van der Waals surface area contributed by atoms with Gasteiger partial charge in [-0.1, -0.05) is 27.2 Å².